The number of ketones is 1. The lowest BCUT2D eigenvalue weighted by molar-refractivity contribution is -0.110. The molecule has 0 aliphatic heterocycles. The molecule has 0 bridgehead atoms. The summed E-state index contributed by atoms with van der Waals surface area (Å²) in [4.78, 5) is 15.0. The number of benzene rings is 2. The van der Waals surface area contributed by atoms with Gasteiger partial charge in [-0.25, -0.2) is 0 Å². The molecule has 0 saturated carbocycles. The zero-order valence-corrected chi connectivity index (χ0v) is 11.7. The molecule has 98 valence electrons. The van der Waals surface area contributed by atoms with Gasteiger partial charge in [-0.15, -0.1) is 10.5 Å². The minimum Gasteiger partial charge on any atom is -0.290 e. The van der Waals surface area contributed by atoms with Crippen molar-refractivity contribution in [2.45, 2.75) is 9.79 Å². The highest BCUT2D eigenvalue weighted by molar-refractivity contribution is 8.16. The molecule has 2 heteroatoms. The first-order valence-electron chi connectivity index (χ1n) is 6.46. The Balaban J connectivity index is 2.20. The van der Waals surface area contributed by atoms with Crippen LogP contribution in [0.25, 0.3) is 0 Å². The molecule has 0 saturated heterocycles. The molecular weight excluding hydrogens is 264 g/mol. The van der Waals surface area contributed by atoms with Crippen LogP contribution in [0.4, 0.5) is 0 Å². The Kier molecular flexibility index (Phi) is 3.75. The standard InChI is InChI=1S/C18H14OS/c19-15-11-13-18(14-12-15)20(16-7-3-1-4-8-16)17-9-5-2-6-10-17/h1-14H. The lowest BCUT2D eigenvalue weighted by atomic mass is 10.2. The van der Waals surface area contributed by atoms with Gasteiger partial charge in [0.1, 0.15) is 0 Å². The van der Waals surface area contributed by atoms with Crippen molar-refractivity contribution in [3.05, 3.63) is 85.0 Å². The third-order valence-corrected chi connectivity index (χ3v) is 5.25. The van der Waals surface area contributed by atoms with Crippen LogP contribution in [0.1, 0.15) is 0 Å². The van der Waals surface area contributed by atoms with E-state index in [0.29, 0.717) is 0 Å². The van der Waals surface area contributed by atoms with Gasteiger partial charge in [-0.2, -0.15) is 0 Å². The highest BCUT2D eigenvalue weighted by atomic mass is 32.2. The van der Waals surface area contributed by atoms with E-state index in [1.807, 2.05) is 24.3 Å². The highest BCUT2D eigenvalue weighted by Crippen LogP contribution is 2.37. The number of rotatable bonds is 2. The Morgan fingerprint density at radius 1 is 0.600 bits per heavy atom. The fourth-order valence-corrected chi connectivity index (χ4v) is 4.18. The van der Waals surface area contributed by atoms with Crippen molar-refractivity contribution < 1.29 is 4.79 Å². The quantitative estimate of drug-likeness (QED) is 0.751. The molecular formula is C18H14OS. The van der Waals surface area contributed by atoms with Gasteiger partial charge in [0.05, 0.1) is 0 Å². The molecule has 0 spiro atoms. The van der Waals surface area contributed by atoms with E-state index in [2.05, 4.69) is 48.5 Å². The number of hydrogen-bond acceptors (Lipinski definition) is 1. The molecule has 2 aromatic rings. The molecule has 0 fully saturated rings. The van der Waals surface area contributed by atoms with Crippen LogP contribution in [0.2, 0.25) is 0 Å². The van der Waals surface area contributed by atoms with Gasteiger partial charge in [0.2, 0.25) is 0 Å². The van der Waals surface area contributed by atoms with E-state index < -0.39 is 0 Å². The lowest BCUT2D eigenvalue weighted by Crippen LogP contribution is -2.00. The van der Waals surface area contributed by atoms with Gasteiger partial charge >= 0.3 is 0 Å². The third kappa shape index (κ3) is 2.70. The Labute approximate surface area is 121 Å². The summed E-state index contributed by atoms with van der Waals surface area (Å²) in [6, 6.07) is 20.8. The van der Waals surface area contributed by atoms with E-state index in [1.54, 1.807) is 12.2 Å². The topological polar surface area (TPSA) is 17.1 Å². The van der Waals surface area contributed by atoms with Crippen LogP contribution < -0.4 is 0 Å². The van der Waals surface area contributed by atoms with Crippen LogP contribution in [-0.4, -0.2) is 10.6 Å². The molecule has 3 rings (SSSR count). The minimum atomic E-state index is -0.162. The summed E-state index contributed by atoms with van der Waals surface area (Å²) >= 11 is 0. The van der Waals surface area contributed by atoms with Crippen LogP contribution >= 0.6 is 10.5 Å². The summed E-state index contributed by atoms with van der Waals surface area (Å²) in [7, 11) is -0.162. The van der Waals surface area contributed by atoms with Gasteiger partial charge in [0.15, 0.2) is 5.78 Å². The summed E-state index contributed by atoms with van der Waals surface area (Å²) in [5.74, 6) is 0.0541. The summed E-state index contributed by atoms with van der Waals surface area (Å²) in [6.45, 7) is 0. The molecule has 0 heterocycles. The Morgan fingerprint density at radius 3 is 1.50 bits per heavy atom. The van der Waals surface area contributed by atoms with E-state index in [0.717, 1.165) is 0 Å². The molecule has 0 N–H and O–H groups in total. The van der Waals surface area contributed by atoms with Gasteiger partial charge in [-0.05, 0) is 48.6 Å². The van der Waals surface area contributed by atoms with Gasteiger partial charge in [-0.1, -0.05) is 36.4 Å². The third-order valence-electron chi connectivity index (χ3n) is 3.02. The largest absolute Gasteiger partial charge is 0.290 e. The average molecular weight is 278 g/mol. The number of hydrogen-bond donors (Lipinski definition) is 0. The normalized spacial score (nSPS) is 14.1. The molecule has 0 amide bonds. The zero-order valence-electron chi connectivity index (χ0n) is 10.9. The lowest BCUT2D eigenvalue weighted by Gasteiger charge is -2.14. The van der Waals surface area contributed by atoms with Crippen LogP contribution in [-0.2, 0) is 4.79 Å². The van der Waals surface area contributed by atoms with Gasteiger partial charge in [0, 0.05) is 14.7 Å². The van der Waals surface area contributed by atoms with Gasteiger partial charge < -0.3 is 0 Å². The van der Waals surface area contributed by atoms with Gasteiger partial charge in [0.25, 0.3) is 0 Å². The number of carbonyl (C=O) groups excluding carboxylic acids is 1. The molecule has 1 aliphatic carbocycles. The smallest absolute Gasteiger partial charge is 0.178 e. The van der Waals surface area contributed by atoms with Crippen molar-refractivity contribution in [2.75, 3.05) is 0 Å². The second kappa shape index (κ2) is 5.85. The summed E-state index contributed by atoms with van der Waals surface area (Å²) in [5, 5.41) is 0. The second-order valence-corrected chi connectivity index (χ2v) is 6.43. The summed E-state index contributed by atoms with van der Waals surface area (Å²) < 4.78 is 0. The van der Waals surface area contributed by atoms with Crippen molar-refractivity contribution in [2.24, 2.45) is 0 Å². The van der Waals surface area contributed by atoms with Crippen molar-refractivity contribution in [3.63, 3.8) is 0 Å². The monoisotopic (exact) mass is 278 g/mol. The predicted octanol–water partition coefficient (Wildman–Crippen LogP) is 4.24. The number of allylic oxidation sites excluding steroid dienone is 4. The van der Waals surface area contributed by atoms with Crippen LogP contribution in [0.5, 0.6) is 0 Å². The molecule has 1 aliphatic rings. The fraction of sp³-hybridized carbons (Fsp3) is 0. The summed E-state index contributed by atoms with van der Waals surface area (Å²) in [5.41, 5.74) is 0. The van der Waals surface area contributed by atoms with E-state index >= 15 is 0 Å². The molecule has 0 aromatic heterocycles. The maximum Gasteiger partial charge on any atom is 0.178 e. The molecule has 0 radical (unpaired) electrons. The zero-order chi connectivity index (χ0) is 13.8. The number of carbonyl (C=O) groups is 1. The van der Waals surface area contributed by atoms with Crippen molar-refractivity contribution in [1.29, 1.82) is 0 Å². The second-order valence-electron chi connectivity index (χ2n) is 4.40. The van der Waals surface area contributed by atoms with Crippen LogP contribution in [0.3, 0.4) is 0 Å². The van der Waals surface area contributed by atoms with Crippen molar-refractivity contribution in [3.8, 4) is 0 Å². The minimum absolute atomic E-state index is 0.0541. The maximum absolute atomic E-state index is 11.3. The maximum atomic E-state index is 11.3. The SMILES string of the molecule is O=C1C=CC(=S(c2ccccc2)c2ccccc2)C=C1. The Morgan fingerprint density at radius 2 is 1.05 bits per heavy atom. The van der Waals surface area contributed by atoms with E-state index in [4.69, 9.17) is 0 Å². The molecule has 0 unspecified atom stereocenters. The van der Waals surface area contributed by atoms with E-state index in [9.17, 15) is 4.79 Å². The molecule has 2 aromatic carbocycles. The van der Waals surface area contributed by atoms with E-state index in [1.165, 1.54) is 14.7 Å². The molecule has 0 atom stereocenters. The Bertz CT molecular complexity index is 650. The van der Waals surface area contributed by atoms with Crippen molar-refractivity contribution >= 4 is 21.1 Å². The van der Waals surface area contributed by atoms with Gasteiger partial charge in [-0.3, -0.25) is 4.79 Å². The first-order chi connectivity index (χ1) is 9.84. The Hall–Kier alpha value is -2.19. The summed E-state index contributed by atoms with van der Waals surface area (Å²) in [6.07, 6.45) is 7.15. The first-order valence-corrected chi connectivity index (χ1v) is 7.68. The first kappa shape index (κ1) is 12.8. The van der Waals surface area contributed by atoms with Crippen LogP contribution in [0.15, 0.2) is 94.8 Å². The van der Waals surface area contributed by atoms with Crippen LogP contribution in [0, 0.1) is 0 Å². The highest BCUT2D eigenvalue weighted by Gasteiger charge is 2.09. The molecule has 20 heavy (non-hydrogen) atoms. The average Bonchev–Trinajstić information content (AvgIpc) is 2.52. The predicted molar refractivity (Wildman–Crippen MR) is 85.3 cm³/mol. The fourth-order valence-electron chi connectivity index (χ4n) is 2.10. The van der Waals surface area contributed by atoms with Crippen molar-refractivity contribution in [1.82, 2.24) is 0 Å². The van der Waals surface area contributed by atoms with E-state index in [-0.39, 0.29) is 16.3 Å². The molecule has 1 nitrogen and oxygen atoms in total.